The standard InChI is InChI=1S/C13H10O4/c14-9-7-12(11-5-6-13(15)17-11)16-10-4-2-1-3-8(9)10/h1-6,11-12H,7H2. The zero-order chi connectivity index (χ0) is 11.8. The van der Waals surface area contributed by atoms with Crippen LogP contribution in [-0.4, -0.2) is 24.0 Å². The van der Waals surface area contributed by atoms with E-state index in [4.69, 9.17) is 9.47 Å². The van der Waals surface area contributed by atoms with Crippen molar-refractivity contribution < 1.29 is 19.1 Å². The first-order valence-corrected chi connectivity index (χ1v) is 5.42. The smallest absolute Gasteiger partial charge is 0.331 e. The summed E-state index contributed by atoms with van der Waals surface area (Å²) in [6.45, 7) is 0. The number of Topliss-reactive ketones (excluding diaryl/α,β-unsaturated/α-hetero) is 1. The normalized spacial score (nSPS) is 26.4. The number of carbonyl (C=O) groups is 2. The first kappa shape index (κ1) is 10.1. The molecule has 0 aromatic heterocycles. The summed E-state index contributed by atoms with van der Waals surface area (Å²) < 4.78 is 10.7. The third-order valence-corrected chi connectivity index (χ3v) is 2.89. The number of rotatable bonds is 1. The van der Waals surface area contributed by atoms with Gasteiger partial charge in [0.1, 0.15) is 11.9 Å². The monoisotopic (exact) mass is 230 g/mol. The molecule has 86 valence electrons. The van der Waals surface area contributed by atoms with Crippen molar-refractivity contribution in [2.45, 2.75) is 18.6 Å². The molecule has 1 aromatic rings. The molecule has 0 saturated heterocycles. The lowest BCUT2D eigenvalue weighted by atomic mass is 9.98. The summed E-state index contributed by atoms with van der Waals surface area (Å²) in [5.41, 5.74) is 0.594. The van der Waals surface area contributed by atoms with Gasteiger partial charge >= 0.3 is 5.97 Å². The molecule has 3 rings (SSSR count). The molecule has 2 atom stereocenters. The molecule has 0 saturated carbocycles. The SMILES string of the molecule is O=C1C=CC(C2CC(=O)c3ccccc3O2)O1. The minimum Gasteiger partial charge on any atom is -0.485 e. The van der Waals surface area contributed by atoms with E-state index in [9.17, 15) is 9.59 Å². The molecule has 2 aliphatic rings. The van der Waals surface area contributed by atoms with Gasteiger partial charge in [-0.3, -0.25) is 4.79 Å². The molecule has 2 unspecified atom stereocenters. The lowest BCUT2D eigenvalue weighted by Crippen LogP contribution is -2.37. The second-order valence-corrected chi connectivity index (χ2v) is 4.04. The van der Waals surface area contributed by atoms with E-state index < -0.39 is 12.2 Å². The quantitative estimate of drug-likeness (QED) is 0.686. The summed E-state index contributed by atoms with van der Waals surface area (Å²) in [6.07, 6.45) is 2.35. The molecule has 0 N–H and O–H groups in total. The molecule has 0 aliphatic carbocycles. The van der Waals surface area contributed by atoms with Crippen LogP contribution in [0.25, 0.3) is 0 Å². The highest BCUT2D eigenvalue weighted by Gasteiger charge is 2.34. The van der Waals surface area contributed by atoms with Crippen LogP contribution in [0, 0.1) is 0 Å². The number of ketones is 1. The van der Waals surface area contributed by atoms with Gasteiger partial charge in [0.05, 0.1) is 12.0 Å². The zero-order valence-electron chi connectivity index (χ0n) is 8.96. The van der Waals surface area contributed by atoms with E-state index in [0.29, 0.717) is 11.3 Å². The van der Waals surface area contributed by atoms with E-state index in [-0.39, 0.29) is 18.2 Å². The Bertz CT molecular complexity index is 518. The van der Waals surface area contributed by atoms with Crippen LogP contribution in [0.15, 0.2) is 36.4 Å². The molecule has 17 heavy (non-hydrogen) atoms. The van der Waals surface area contributed by atoms with Crippen LogP contribution in [-0.2, 0) is 9.53 Å². The average Bonchev–Trinajstić information content (AvgIpc) is 2.76. The fourth-order valence-corrected chi connectivity index (χ4v) is 2.07. The molecule has 2 aliphatic heterocycles. The van der Waals surface area contributed by atoms with Crippen LogP contribution < -0.4 is 4.74 Å². The molecule has 0 fully saturated rings. The van der Waals surface area contributed by atoms with Crippen LogP contribution in [0.4, 0.5) is 0 Å². The predicted octanol–water partition coefficient (Wildman–Crippen LogP) is 1.50. The van der Waals surface area contributed by atoms with E-state index in [1.54, 1.807) is 24.3 Å². The maximum absolute atomic E-state index is 11.9. The van der Waals surface area contributed by atoms with Crippen molar-refractivity contribution in [1.82, 2.24) is 0 Å². The van der Waals surface area contributed by atoms with Crippen LogP contribution in [0.3, 0.4) is 0 Å². The van der Waals surface area contributed by atoms with Crippen LogP contribution in [0.2, 0.25) is 0 Å². The van der Waals surface area contributed by atoms with Gasteiger partial charge in [0.15, 0.2) is 11.9 Å². The molecule has 0 radical (unpaired) electrons. The topological polar surface area (TPSA) is 52.6 Å². The van der Waals surface area contributed by atoms with Gasteiger partial charge in [0.2, 0.25) is 0 Å². The van der Waals surface area contributed by atoms with Gasteiger partial charge in [-0.15, -0.1) is 0 Å². The Morgan fingerprint density at radius 1 is 1.12 bits per heavy atom. The zero-order valence-corrected chi connectivity index (χ0v) is 8.96. The number of hydrogen-bond acceptors (Lipinski definition) is 4. The number of ether oxygens (including phenoxy) is 2. The van der Waals surface area contributed by atoms with Gasteiger partial charge < -0.3 is 9.47 Å². The molecule has 0 spiro atoms. The minimum atomic E-state index is -0.459. The van der Waals surface area contributed by atoms with Gasteiger partial charge in [0, 0.05) is 6.08 Å². The Hall–Kier alpha value is -2.10. The summed E-state index contributed by atoms with van der Waals surface area (Å²) in [7, 11) is 0. The average molecular weight is 230 g/mol. The van der Waals surface area contributed by atoms with Crippen molar-refractivity contribution in [3.8, 4) is 5.75 Å². The highest BCUT2D eigenvalue weighted by Crippen LogP contribution is 2.30. The second kappa shape index (κ2) is 3.73. The fraction of sp³-hybridized carbons (Fsp3) is 0.231. The summed E-state index contributed by atoms with van der Waals surface area (Å²) in [6, 6.07) is 7.10. The molecular formula is C13H10O4. The summed E-state index contributed by atoms with van der Waals surface area (Å²) >= 11 is 0. The number of para-hydroxylation sites is 1. The maximum Gasteiger partial charge on any atom is 0.331 e. The third kappa shape index (κ3) is 1.71. The van der Waals surface area contributed by atoms with E-state index in [2.05, 4.69) is 0 Å². The molecule has 0 bridgehead atoms. The summed E-state index contributed by atoms with van der Waals surface area (Å²) in [5.74, 6) is 0.197. The maximum atomic E-state index is 11.9. The highest BCUT2D eigenvalue weighted by atomic mass is 16.6. The molecule has 1 aromatic carbocycles. The molecule has 0 amide bonds. The molecule has 2 heterocycles. The van der Waals surface area contributed by atoms with Gasteiger partial charge in [-0.2, -0.15) is 0 Å². The number of esters is 1. The van der Waals surface area contributed by atoms with Crippen LogP contribution >= 0.6 is 0 Å². The van der Waals surface area contributed by atoms with Crippen LogP contribution in [0.5, 0.6) is 5.75 Å². The predicted molar refractivity (Wildman–Crippen MR) is 58.8 cm³/mol. The van der Waals surface area contributed by atoms with Crippen LogP contribution in [0.1, 0.15) is 16.8 Å². The largest absolute Gasteiger partial charge is 0.485 e. The summed E-state index contributed by atoms with van der Waals surface area (Å²) in [5, 5.41) is 0. The molecule has 4 nitrogen and oxygen atoms in total. The van der Waals surface area contributed by atoms with Crippen molar-refractivity contribution in [3.05, 3.63) is 42.0 Å². The van der Waals surface area contributed by atoms with Gasteiger partial charge in [0.25, 0.3) is 0 Å². The van der Waals surface area contributed by atoms with E-state index in [1.807, 2.05) is 6.07 Å². The lowest BCUT2D eigenvalue weighted by molar-refractivity contribution is -0.142. The first-order chi connectivity index (χ1) is 8.24. The van der Waals surface area contributed by atoms with Gasteiger partial charge in [-0.25, -0.2) is 4.79 Å². The van der Waals surface area contributed by atoms with Crippen molar-refractivity contribution in [2.75, 3.05) is 0 Å². The Balaban J connectivity index is 1.87. The first-order valence-electron chi connectivity index (χ1n) is 5.42. The minimum absolute atomic E-state index is 0.0215. The molecule has 4 heteroatoms. The third-order valence-electron chi connectivity index (χ3n) is 2.89. The van der Waals surface area contributed by atoms with E-state index >= 15 is 0 Å². The molecular weight excluding hydrogens is 220 g/mol. The van der Waals surface area contributed by atoms with E-state index in [0.717, 1.165) is 0 Å². The Morgan fingerprint density at radius 2 is 1.94 bits per heavy atom. The number of fused-ring (bicyclic) bond motifs is 1. The van der Waals surface area contributed by atoms with Crippen molar-refractivity contribution in [2.24, 2.45) is 0 Å². The number of carbonyl (C=O) groups excluding carboxylic acids is 2. The number of hydrogen-bond donors (Lipinski definition) is 0. The Morgan fingerprint density at radius 3 is 2.71 bits per heavy atom. The number of cyclic esters (lactones) is 1. The summed E-state index contributed by atoms with van der Waals surface area (Å²) in [4.78, 5) is 22.9. The lowest BCUT2D eigenvalue weighted by Gasteiger charge is -2.27. The van der Waals surface area contributed by atoms with E-state index in [1.165, 1.54) is 6.08 Å². The van der Waals surface area contributed by atoms with Gasteiger partial charge in [-0.05, 0) is 18.2 Å². The Kier molecular flexibility index (Phi) is 2.21. The fourth-order valence-electron chi connectivity index (χ4n) is 2.07. The van der Waals surface area contributed by atoms with Crippen molar-refractivity contribution in [1.29, 1.82) is 0 Å². The highest BCUT2D eigenvalue weighted by molar-refractivity contribution is 6.00. The number of benzene rings is 1. The van der Waals surface area contributed by atoms with Crippen molar-refractivity contribution in [3.63, 3.8) is 0 Å². The van der Waals surface area contributed by atoms with Gasteiger partial charge in [-0.1, -0.05) is 12.1 Å². The van der Waals surface area contributed by atoms with Crippen molar-refractivity contribution >= 4 is 11.8 Å². The Labute approximate surface area is 97.8 Å². The second-order valence-electron chi connectivity index (χ2n) is 4.04.